The number of ether oxygens (including phenoxy) is 5. The fourth-order valence-electron chi connectivity index (χ4n) is 7.36. The van der Waals surface area contributed by atoms with E-state index in [1.807, 2.05) is 0 Å². The number of methoxy groups -OCH3 is 2. The number of rotatable bonds is 18. The number of aldehydes is 1. The first-order valence-corrected chi connectivity index (χ1v) is 25.5. The molecule has 0 aromatic carbocycles. The van der Waals surface area contributed by atoms with Crippen LogP contribution in [0.1, 0.15) is 106 Å². The zero-order valence-electron chi connectivity index (χ0n) is 35.0. The van der Waals surface area contributed by atoms with E-state index in [-0.39, 0.29) is 83.1 Å². The molecule has 0 aliphatic carbocycles. The highest BCUT2D eigenvalue weighted by Crippen LogP contribution is 2.44. The van der Waals surface area contributed by atoms with E-state index in [0.29, 0.717) is 25.9 Å². The molecule has 0 aromatic rings. The van der Waals surface area contributed by atoms with Crippen molar-refractivity contribution in [2.75, 3.05) is 20.8 Å². The number of carbonyl (C=O) groups is 2. The van der Waals surface area contributed by atoms with Crippen LogP contribution in [0.3, 0.4) is 0 Å². The Morgan fingerprint density at radius 2 is 1.54 bits per heavy atom. The Hall–Kier alpha value is -1.19. The zero-order chi connectivity index (χ0) is 39.2. The Balaban J connectivity index is 1.80. The smallest absolute Gasteiger partial charge is 0.305 e. The van der Waals surface area contributed by atoms with Crippen molar-refractivity contribution in [3.05, 3.63) is 24.3 Å². The second kappa shape index (κ2) is 18.6. The van der Waals surface area contributed by atoms with Gasteiger partial charge in [0.2, 0.25) is 0 Å². The predicted molar refractivity (Wildman–Crippen MR) is 213 cm³/mol. The van der Waals surface area contributed by atoms with Gasteiger partial charge >= 0.3 is 5.97 Å². The van der Waals surface area contributed by atoms with E-state index in [0.717, 1.165) is 49.5 Å². The summed E-state index contributed by atoms with van der Waals surface area (Å²) in [5.74, 6) is -0.224. The van der Waals surface area contributed by atoms with Gasteiger partial charge in [0.15, 0.2) is 16.6 Å². The topological polar surface area (TPSA) is 98.8 Å². The normalized spacial score (nSPS) is 31.2. The molecule has 0 aromatic heterocycles. The van der Waals surface area contributed by atoms with Crippen molar-refractivity contribution in [1.29, 1.82) is 0 Å². The Kier molecular flexibility index (Phi) is 16.2. The lowest BCUT2D eigenvalue weighted by atomic mass is 9.82. The van der Waals surface area contributed by atoms with Crippen LogP contribution in [-0.2, 0) is 42.1 Å². The monoisotopic (exact) mass is 766 g/mol. The van der Waals surface area contributed by atoms with E-state index in [2.05, 4.69) is 87.8 Å². The molecule has 10 atom stereocenters. The number of hydrogen-bond donors (Lipinski definition) is 0. The molecule has 3 rings (SSSR count). The third-order valence-corrected chi connectivity index (χ3v) is 21.9. The van der Waals surface area contributed by atoms with Crippen LogP contribution in [-0.4, -0.2) is 98.5 Å². The summed E-state index contributed by atoms with van der Waals surface area (Å²) in [6.45, 7) is 34.1. The quantitative estimate of drug-likeness (QED) is 0.0586. The van der Waals surface area contributed by atoms with Gasteiger partial charge in [0.25, 0.3) is 0 Å². The highest BCUT2D eigenvalue weighted by Gasteiger charge is 2.50. The maximum atomic E-state index is 12.8. The lowest BCUT2D eigenvalue weighted by molar-refractivity contribution is -0.143. The van der Waals surface area contributed by atoms with Crippen LogP contribution in [0.15, 0.2) is 24.3 Å². The average molecular weight is 767 g/mol. The molecule has 3 saturated heterocycles. The van der Waals surface area contributed by atoms with E-state index in [9.17, 15) is 9.59 Å². The summed E-state index contributed by atoms with van der Waals surface area (Å²) in [5, 5.41) is 0.0929. The van der Waals surface area contributed by atoms with Crippen LogP contribution in [0.4, 0.5) is 0 Å². The van der Waals surface area contributed by atoms with Crippen molar-refractivity contribution in [1.82, 2.24) is 0 Å². The largest absolute Gasteiger partial charge is 0.469 e. The molecule has 11 heteroatoms. The summed E-state index contributed by atoms with van der Waals surface area (Å²) in [4.78, 5) is 23.7. The third-order valence-electron chi connectivity index (χ3n) is 12.8. The Labute approximate surface area is 318 Å². The van der Waals surface area contributed by atoms with Crippen molar-refractivity contribution < 1.29 is 42.1 Å². The van der Waals surface area contributed by atoms with Gasteiger partial charge in [0.05, 0.1) is 69.0 Å². The first-order valence-electron chi connectivity index (χ1n) is 19.7. The molecule has 0 N–H and O–H groups in total. The van der Waals surface area contributed by atoms with Crippen LogP contribution < -0.4 is 0 Å². The van der Waals surface area contributed by atoms with Crippen molar-refractivity contribution >= 4 is 28.9 Å². The highest BCUT2D eigenvalue weighted by atomic mass is 28.4. The molecule has 300 valence electrons. The number of carbonyl (C=O) groups excluding carboxylic acids is 2. The summed E-state index contributed by atoms with van der Waals surface area (Å²) < 4.78 is 45.2. The molecule has 3 fully saturated rings. The van der Waals surface area contributed by atoms with Crippen molar-refractivity contribution in [3.8, 4) is 0 Å². The summed E-state index contributed by atoms with van der Waals surface area (Å²) in [6, 6.07) is 0. The van der Waals surface area contributed by atoms with Gasteiger partial charge in [-0.3, -0.25) is 4.79 Å². The molecule has 3 heterocycles. The lowest BCUT2D eigenvalue weighted by Gasteiger charge is -2.42. The SMILES string of the molecule is C=C1CC(CCC=O)OC1CCC1CC(C)C(=C)C(C[C@H]2OC(CC(CO[Si](C)(C)C(C)(C)C)O[Si](C)(C)C(C)(C)C)[C@H](OC)C2CC(=O)OC)O1. The van der Waals surface area contributed by atoms with Gasteiger partial charge in [-0.1, -0.05) is 61.6 Å². The zero-order valence-corrected chi connectivity index (χ0v) is 37.0. The van der Waals surface area contributed by atoms with E-state index in [1.165, 1.54) is 7.11 Å². The van der Waals surface area contributed by atoms with Crippen molar-refractivity contribution in [2.45, 2.75) is 191 Å². The standard InChI is InChI=1S/C41H74O9Si2/c1-27-21-31(18-19-34-28(2)22-30(47-34)17-16-20-42)48-35(29(27)3)25-36-33(24-38(43)44-10)39(45-11)37(49-36)23-32(50-52(14,15)41(7,8)9)26-46-51(12,13)40(4,5)6/h20,27,30-37,39H,2-3,16-19,21-26H2,1,4-15H3/t27?,30?,31?,32?,33?,34?,35?,36-,37?,39-/m1/s1. The van der Waals surface area contributed by atoms with Gasteiger partial charge in [-0.2, -0.15) is 0 Å². The summed E-state index contributed by atoms with van der Waals surface area (Å²) >= 11 is 0. The molecule has 3 aliphatic rings. The van der Waals surface area contributed by atoms with Gasteiger partial charge in [0, 0.05) is 32.3 Å². The second-order valence-corrected chi connectivity index (χ2v) is 28.4. The van der Waals surface area contributed by atoms with E-state index in [1.54, 1.807) is 7.11 Å². The molecular formula is C41H74O9Si2. The molecule has 3 aliphatic heterocycles. The minimum Gasteiger partial charge on any atom is -0.469 e. The van der Waals surface area contributed by atoms with E-state index < -0.39 is 16.6 Å². The summed E-state index contributed by atoms with van der Waals surface area (Å²) in [7, 11) is -1.08. The summed E-state index contributed by atoms with van der Waals surface area (Å²) in [6.07, 6.45) is 5.72. The first kappa shape index (κ1) is 45.2. The maximum Gasteiger partial charge on any atom is 0.305 e. The van der Waals surface area contributed by atoms with Crippen LogP contribution >= 0.6 is 0 Å². The first-order chi connectivity index (χ1) is 24.0. The van der Waals surface area contributed by atoms with Gasteiger partial charge < -0.3 is 37.3 Å². The fourth-order valence-corrected chi connectivity index (χ4v) is 9.74. The average Bonchev–Trinajstić information content (AvgIpc) is 3.56. The molecule has 9 nitrogen and oxygen atoms in total. The van der Waals surface area contributed by atoms with Crippen LogP contribution in [0.5, 0.6) is 0 Å². The Morgan fingerprint density at radius 1 is 0.904 bits per heavy atom. The highest BCUT2D eigenvalue weighted by molar-refractivity contribution is 6.74. The molecule has 0 radical (unpaired) electrons. The minimum atomic E-state index is -2.17. The second-order valence-electron chi connectivity index (χ2n) is 18.8. The van der Waals surface area contributed by atoms with Crippen LogP contribution in [0, 0.1) is 11.8 Å². The van der Waals surface area contributed by atoms with Gasteiger partial charge in [-0.15, -0.1) is 0 Å². The molecule has 0 bridgehead atoms. The van der Waals surface area contributed by atoms with Crippen LogP contribution in [0.2, 0.25) is 36.3 Å². The van der Waals surface area contributed by atoms with E-state index in [4.69, 9.17) is 32.5 Å². The molecule has 0 saturated carbocycles. The number of esters is 1. The van der Waals surface area contributed by atoms with Crippen molar-refractivity contribution in [3.63, 3.8) is 0 Å². The lowest BCUT2D eigenvalue weighted by Crippen LogP contribution is -2.49. The van der Waals surface area contributed by atoms with Gasteiger partial charge in [-0.25, -0.2) is 0 Å². The molecule has 0 spiro atoms. The molecule has 52 heavy (non-hydrogen) atoms. The maximum absolute atomic E-state index is 12.8. The van der Waals surface area contributed by atoms with Crippen molar-refractivity contribution in [2.24, 2.45) is 11.8 Å². The third kappa shape index (κ3) is 11.9. The predicted octanol–water partition coefficient (Wildman–Crippen LogP) is 8.96. The Morgan fingerprint density at radius 3 is 2.12 bits per heavy atom. The fraction of sp³-hybridized carbons (Fsp3) is 0.854. The molecule has 0 amide bonds. The van der Waals surface area contributed by atoms with Crippen LogP contribution in [0.25, 0.3) is 0 Å². The molecule has 8 unspecified atom stereocenters. The summed E-state index contributed by atoms with van der Waals surface area (Å²) in [5.41, 5.74) is 2.17. The van der Waals surface area contributed by atoms with Gasteiger partial charge in [0.1, 0.15) is 6.29 Å². The minimum absolute atomic E-state index is 0.00735. The van der Waals surface area contributed by atoms with Gasteiger partial charge in [-0.05, 0) is 85.4 Å². The Bertz CT molecular complexity index is 1210. The van der Waals surface area contributed by atoms with E-state index >= 15 is 0 Å². The molecular weight excluding hydrogens is 693 g/mol. The number of hydrogen-bond acceptors (Lipinski definition) is 9.